The number of carbonyl (C=O) groups excluding carboxylic acids is 3. The van der Waals surface area contributed by atoms with Gasteiger partial charge in [-0.05, 0) is 130 Å². The molecule has 13 N–H and O–H groups in total. The number of fused-ring (bicyclic) bond motifs is 4. The number of imidazole rings is 2. The zero-order valence-corrected chi connectivity index (χ0v) is 50.1. The molecule has 24 nitrogen and oxygen atoms in total. The molecule has 0 unspecified atom stereocenters. The van der Waals surface area contributed by atoms with Gasteiger partial charge in [-0.15, -0.1) is 0 Å². The van der Waals surface area contributed by atoms with Gasteiger partial charge < -0.3 is 66.8 Å². The Hall–Kier alpha value is -7.55. The molecule has 2 aliphatic heterocycles. The number of aromatic amines is 2. The highest BCUT2D eigenvalue weighted by Crippen LogP contribution is 2.32. The van der Waals surface area contributed by atoms with E-state index in [1.165, 1.54) is 0 Å². The number of amides is 3. The molecule has 3 amide bonds. The molecule has 2 aromatic heterocycles. The van der Waals surface area contributed by atoms with Crippen molar-refractivity contribution in [2.24, 2.45) is 0 Å². The van der Waals surface area contributed by atoms with Crippen molar-refractivity contribution in [3.05, 3.63) is 119 Å². The average molecular weight is 1200 g/mol. The smallest absolute Gasteiger partial charge is 0.305 e. The molecule has 0 saturated heterocycles. The Balaban J connectivity index is 0.740. The van der Waals surface area contributed by atoms with E-state index >= 15 is 0 Å². The lowest BCUT2D eigenvalue weighted by molar-refractivity contribution is -0.139. The maximum Gasteiger partial charge on any atom is 0.305 e. The summed E-state index contributed by atoms with van der Waals surface area (Å²) in [5.41, 5.74) is 7.45. The van der Waals surface area contributed by atoms with E-state index in [4.69, 9.17) is 0 Å². The first kappa shape index (κ1) is 65.4. The lowest BCUT2D eigenvalue weighted by Crippen LogP contribution is -2.47. The first-order valence-corrected chi connectivity index (χ1v) is 30.5. The number of nitrogens with zero attached hydrogens (tertiary/aromatic N) is 6. The van der Waals surface area contributed by atoms with E-state index in [2.05, 4.69) is 46.5 Å². The minimum absolute atomic E-state index is 0.210. The van der Waals surface area contributed by atoms with Crippen molar-refractivity contribution in [2.75, 3.05) is 50.9 Å². The number of nitrogens with one attached hydrogen (secondary N) is 7. The molecule has 87 heavy (non-hydrogen) atoms. The Morgan fingerprint density at radius 3 is 1.78 bits per heavy atom. The highest BCUT2D eigenvalue weighted by atomic mass is 16.4. The number of benzene rings is 4. The summed E-state index contributed by atoms with van der Waals surface area (Å²) in [6, 6.07) is 23.7. The lowest BCUT2D eigenvalue weighted by Gasteiger charge is -2.30. The van der Waals surface area contributed by atoms with Crippen molar-refractivity contribution >= 4 is 63.1 Å². The van der Waals surface area contributed by atoms with Crippen LogP contribution >= 0.6 is 0 Å². The standard InChI is InChI=1S/C63H87N13O11/c1-4-17-56(78)72-50(59(83)65-29-14-6-8-16-31-76-37-43-33-41(23-25-45(43)67-52(63(76)87)35-58(81)82)61(85)74(3)39-54-70-48-20-11-12-21-49(48)71-54)26-27-55(77)64-28-13-5-7-15-30-75-36-42-32-40(22-24-44(42)66-51(62(75)86)34-57(79)80)60(84)73(2)38-53-68-46-18-9-10-19-47(46)69-53/h9-12,18-25,32-33,50-52,55,60,62-64,66-67,77,84,86-87H,4-8,13-17,26-31,34-39H2,1-3H3,(H,65,83)(H,68,69)(H,70,71)(H,72,78)(H,79,80)(H,81,82)/t50-,51-,52-,55-,60-,62-,63-/m0/s1. The van der Waals surface area contributed by atoms with Crippen LogP contribution in [-0.4, -0.2) is 177 Å². The normalized spacial score (nSPS) is 18.2. The predicted molar refractivity (Wildman–Crippen MR) is 329 cm³/mol. The van der Waals surface area contributed by atoms with Crippen molar-refractivity contribution < 1.29 is 54.6 Å². The Morgan fingerprint density at radius 1 is 0.667 bits per heavy atom. The second-order valence-electron chi connectivity index (χ2n) is 23.1. The maximum atomic E-state index is 13.7. The van der Waals surface area contributed by atoms with Crippen LogP contribution in [0.3, 0.4) is 0 Å². The minimum Gasteiger partial charge on any atom is -0.481 e. The summed E-state index contributed by atoms with van der Waals surface area (Å²) in [6.07, 6.45) is 2.53. The number of carboxylic acid groups (broad SMARTS) is 2. The minimum atomic E-state index is -1.12. The van der Waals surface area contributed by atoms with Gasteiger partial charge in [-0.1, -0.05) is 62.9 Å². The van der Waals surface area contributed by atoms with Gasteiger partial charge in [0.15, 0.2) is 0 Å². The molecule has 0 radical (unpaired) electrons. The van der Waals surface area contributed by atoms with Crippen molar-refractivity contribution in [3.8, 4) is 0 Å². The molecule has 0 saturated carbocycles. The molecular weight excluding hydrogens is 1110 g/mol. The van der Waals surface area contributed by atoms with Crippen LogP contribution in [0.25, 0.3) is 22.1 Å². The molecule has 7 atom stereocenters. The fourth-order valence-electron chi connectivity index (χ4n) is 11.5. The number of aliphatic carboxylic acids is 2. The number of H-pyrrole nitrogens is 2. The van der Waals surface area contributed by atoms with Gasteiger partial charge in [-0.3, -0.25) is 44.0 Å². The SMILES string of the molecule is CCCC(=O)N[C@@H](CC[C@H](O)NCCCCCCN1Cc2cc([C@H](O)N(C)Cc3nc4ccccc4[nH]3)ccc2N[C@@H](CC(=O)O)[C@@H]1O)C(=O)NCCCCCCN1Cc2cc(C(=O)N(C)Cc3nc4ccccc4[nH]3)ccc2N[C@@H](CC(=O)O)[C@@H]1O. The predicted octanol–water partition coefficient (Wildman–Crippen LogP) is 5.52. The number of hydrogen-bond acceptors (Lipinski definition) is 17. The molecule has 0 aliphatic carbocycles. The number of rotatable bonds is 33. The highest BCUT2D eigenvalue weighted by Gasteiger charge is 2.34. The molecule has 6 aromatic rings. The number of carboxylic acids is 2. The lowest BCUT2D eigenvalue weighted by atomic mass is 10.1. The van der Waals surface area contributed by atoms with E-state index in [9.17, 15) is 54.6 Å². The van der Waals surface area contributed by atoms with Gasteiger partial charge >= 0.3 is 11.9 Å². The molecule has 0 spiro atoms. The summed E-state index contributed by atoms with van der Waals surface area (Å²) in [5.74, 6) is -1.53. The molecule has 0 fully saturated rings. The van der Waals surface area contributed by atoms with Crippen LogP contribution < -0.4 is 26.6 Å². The summed E-state index contributed by atoms with van der Waals surface area (Å²) in [5, 5.41) is 80.1. The number of unbranched alkanes of at least 4 members (excludes halogenated alkanes) is 6. The second-order valence-corrected chi connectivity index (χ2v) is 23.1. The van der Waals surface area contributed by atoms with E-state index in [1.54, 1.807) is 41.1 Å². The molecule has 4 heterocycles. The number of carbonyl (C=O) groups is 5. The highest BCUT2D eigenvalue weighted by molar-refractivity contribution is 5.95. The zero-order chi connectivity index (χ0) is 62.0. The quantitative estimate of drug-likeness (QED) is 0.0178. The molecule has 470 valence electrons. The Kier molecular flexibility index (Phi) is 24.0. The third-order valence-electron chi connectivity index (χ3n) is 16.2. The second kappa shape index (κ2) is 31.9. The third-order valence-corrected chi connectivity index (χ3v) is 16.2. The average Bonchev–Trinajstić information content (AvgIpc) is 4.30. The van der Waals surface area contributed by atoms with Crippen molar-refractivity contribution in [3.63, 3.8) is 0 Å². The number of aliphatic hydroxyl groups excluding tert-OH is 4. The summed E-state index contributed by atoms with van der Waals surface area (Å²) in [4.78, 5) is 86.5. The Labute approximate surface area is 507 Å². The summed E-state index contributed by atoms with van der Waals surface area (Å²) in [6.45, 7) is 4.94. The van der Waals surface area contributed by atoms with Crippen LogP contribution in [-0.2, 0) is 45.4 Å². The van der Waals surface area contributed by atoms with E-state index < -0.39 is 55.0 Å². The molecule has 2 aliphatic rings. The monoisotopic (exact) mass is 1200 g/mol. The first-order valence-electron chi connectivity index (χ1n) is 30.5. The van der Waals surface area contributed by atoms with E-state index in [0.717, 1.165) is 71.7 Å². The van der Waals surface area contributed by atoms with Crippen molar-refractivity contribution in [1.82, 2.24) is 55.5 Å². The summed E-state index contributed by atoms with van der Waals surface area (Å²) >= 11 is 0. The molecule has 0 bridgehead atoms. The van der Waals surface area contributed by atoms with Crippen LogP contribution in [0, 0.1) is 0 Å². The van der Waals surface area contributed by atoms with Gasteiger partial charge in [0.05, 0.1) is 60.1 Å². The van der Waals surface area contributed by atoms with Crippen LogP contribution in [0.2, 0.25) is 0 Å². The fraction of sp³-hybridized carbons (Fsp3) is 0.508. The van der Waals surface area contributed by atoms with Crippen LogP contribution in [0.1, 0.15) is 142 Å². The number of aliphatic hydroxyl groups is 4. The van der Waals surface area contributed by atoms with Gasteiger partial charge in [0, 0.05) is 63.1 Å². The van der Waals surface area contributed by atoms with Gasteiger partial charge in [-0.25, -0.2) is 9.97 Å². The zero-order valence-electron chi connectivity index (χ0n) is 50.1. The maximum absolute atomic E-state index is 13.7. The number of para-hydroxylation sites is 4. The van der Waals surface area contributed by atoms with Gasteiger partial charge in [-0.2, -0.15) is 0 Å². The molecule has 24 heteroatoms. The third kappa shape index (κ3) is 18.7. The van der Waals surface area contributed by atoms with Gasteiger partial charge in [0.1, 0.15) is 42.6 Å². The number of anilines is 2. The topological polar surface area (TPSA) is 337 Å². The van der Waals surface area contributed by atoms with Crippen LogP contribution in [0.4, 0.5) is 11.4 Å². The van der Waals surface area contributed by atoms with E-state index in [1.807, 2.05) is 84.4 Å². The van der Waals surface area contributed by atoms with Crippen molar-refractivity contribution in [2.45, 2.75) is 166 Å². The summed E-state index contributed by atoms with van der Waals surface area (Å²) < 4.78 is 0. The molecular formula is C63H87N13O11. The Morgan fingerprint density at radius 2 is 1.21 bits per heavy atom. The van der Waals surface area contributed by atoms with Crippen LogP contribution in [0.15, 0.2) is 84.9 Å². The number of hydrogen-bond donors (Lipinski definition) is 13. The van der Waals surface area contributed by atoms with Gasteiger partial charge in [0.25, 0.3) is 5.91 Å². The number of aromatic nitrogens is 4. The molecule has 4 aromatic carbocycles. The van der Waals surface area contributed by atoms with Gasteiger partial charge in [0.2, 0.25) is 11.8 Å². The Bertz CT molecular complexity index is 3180. The first-order chi connectivity index (χ1) is 41.9. The van der Waals surface area contributed by atoms with Crippen LogP contribution in [0.5, 0.6) is 0 Å². The van der Waals surface area contributed by atoms with E-state index in [0.29, 0.717) is 92.7 Å². The van der Waals surface area contributed by atoms with E-state index in [-0.39, 0.29) is 62.9 Å². The molecule has 8 rings (SSSR count). The summed E-state index contributed by atoms with van der Waals surface area (Å²) in [7, 11) is 3.51. The fourth-order valence-corrected chi connectivity index (χ4v) is 11.5. The van der Waals surface area contributed by atoms with Crippen molar-refractivity contribution in [1.29, 1.82) is 0 Å². The largest absolute Gasteiger partial charge is 0.481 e.